The van der Waals surface area contributed by atoms with E-state index >= 15 is 0 Å². The molecule has 6 aromatic rings. The highest BCUT2D eigenvalue weighted by Crippen LogP contribution is 2.60. The Balaban J connectivity index is 1.41. The lowest BCUT2D eigenvalue weighted by atomic mass is 9.71. The van der Waals surface area contributed by atoms with Crippen molar-refractivity contribution in [2.45, 2.75) is 37.7 Å². The van der Waals surface area contributed by atoms with Crippen molar-refractivity contribution in [3.63, 3.8) is 0 Å². The predicted octanol–water partition coefficient (Wildman–Crippen LogP) is 11.0. The zero-order valence-corrected chi connectivity index (χ0v) is 26.0. The molecule has 2 aliphatic rings. The molecule has 0 saturated heterocycles. The van der Waals surface area contributed by atoms with Crippen LogP contribution in [0.2, 0.25) is 0 Å². The first kappa shape index (κ1) is 27.5. The van der Waals surface area contributed by atoms with Crippen molar-refractivity contribution in [2.24, 2.45) is 0 Å². The molecule has 0 spiro atoms. The van der Waals surface area contributed by atoms with E-state index in [9.17, 15) is 0 Å². The largest absolute Gasteiger partial charge is 0.497 e. The van der Waals surface area contributed by atoms with Crippen LogP contribution in [-0.4, -0.2) is 7.11 Å². The third kappa shape index (κ3) is 3.95. The van der Waals surface area contributed by atoms with Crippen LogP contribution >= 0.6 is 0 Å². The van der Waals surface area contributed by atoms with Gasteiger partial charge in [0.05, 0.1) is 7.11 Å². The van der Waals surface area contributed by atoms with E-state index in [1.807, 2.05) is 0 Å². The zero-order chi connectivity index (χ0) is 30.6. The summed E-state index contributed by atoms with van der Waals surface area (Å²) in [4.78, 5) is 0. The molecule has 2 nitrogen and oxygen atoms in total. The van der Waals surface area contributed by atoms with Crippen LogP contribution in [0.1, 0.15) is 54.5 Å². The third-order valence-corrected chi connectivity index (χ3v) is 10.3. The van der Waals surface area contributed by atoms with Crippen LogP contribution in [0.15, 0.2) is 133 Å². The highest BCUT2D eigenvalue weighted by molar-refractivity contribution is 6.09. The van der Waals surface area contributed by atoms with Gasteiger partial charge in [0.15, 0.2) is 5.60 Å². The second-order valence-electron chi connectivity index (χ2n) is 12.2. The summed E-state index contributed by atoms with van der Waals surface area (Å²) in [6.07, 6.45) is 6.66. The van der Waals surface area contributed by atoms with Gasteiger partial charge in [-0.05, 0) is 75.9 Å². The molecule has 0 amide bonds. The lowest BCUT2D eigenvalue weighted by Gasteiger charge is -2.39. The quantitative estimate of drug-likeness (QED) is 0.194. The molecule has 0 aromatic heterocycles. The average Bonchev–Trinajstić information content (AvgIpc) is 3.43. The molecule has 1 aliphatic carbocycles. The Bertz CT molecular complexity index is 2070. The Kier molecular flexibility index (Phi) is 6.42. The number of rotatable bonds is 6. The van der Waals surface area contributed by atoms with E-state index in [2.05, 4.69) is 153 Å². The highest BCUT2D eigenvalue weighted by Gasteiger charge is 2.46. The van der Waals surface area contributed by atoms with E-state index in [1.54, 1.807) is 7.11 Å². The van der Waals surface area contributed by atoms with E-state index in [0.29, 0.717) is 0 Å². The van der Waals surface area contributed by atoms with Crippen LogP contribution in [0.3, 0.4) is 0 Å². The van der Waals surface area contributed by atoms with Gasteiger partial charge < -0.3 is 9.47 Å². The fraction of sp³-hybridized carbons (Fsp3) is 0.163. The lowest BCUT2D eigenvalue weighted by molar-refractivity contribution is 0.163. The van der Waals surface area contributed by atoms with Crippen molar-refractivity contribution in [2.75, 3.05) is 7.11 Å². The summed E-state index contributed by atoms with van der Waals surface area (Å²) in [5, 5.41) is 2.28. The first-order valence-corrected chi connectivity index (χ1v) is 16.0. The van der Waals surface area contributed by atoms with Crippen LogP contribution in [-0.2, 0) is 11.0 Å². The van der Waals surface area contributed by atoms with Crippen LogP contribution in [0.25, 0.3) is 39.1 Å². The summed E-state index contributed by atoms with van der Waals surface area (Å²) in [6, 6.07) is 45.5. The normalized spacial score (nSPS) is 17.3. The van der Waals surface area contributed by atoms with Crippen molar-refractivity contribution in [3.05, 3.63) is 161 Å². The molecule has 0 bridgehead atoms. The molecule has 2 heteroatoms. The standard InChI is InChI=1S/C43H36O2/c1-4-42(5-2)38-19-13-12-18-35(38)39-34-25-24-33(44-3)28-37(34)41-36(40(39)42)26-27-43(45-41,31-16-10-7-11-17-31)32-22-20-30(21-23-32)29-14-8-6-9-15-29/h6-28H,4-5H2,1-3H3. The minimum Gasteiger partial charge on any atom is -0.497 e. The molecule has 8 rings (SSSR count). The van der Waals surface area contributed by atoms with Gasteiger partial charge in [0.1, 0.15) is 11.5 Å². The number of methoxy groups -OCH3 is 1. The maximum atomic E-state index is 7.51. The van der Waals surface area contributed by atoms with Gasteiger partial charge in [-0.15, -0.1) is 0 Å². The number of hydrogen-bond acceptors (Lipinski definition) is 2. The fourth-order valence-corrected chi connectivity index (χ4v) is 7.97. The van der Waals surface area contributed by atoms with Gasteiger partial charge in [-0.1, -0.05) is 129 Å². The van der Waals surface area contributed by atoms with Crippen LogP contribution in [0.5, 0.6) is 11.5 Å². The summed E-state index contributed by atoms with van der Waals surface area (Å²) in [6.45, 7) is 4.66. The number of fused-ring (bicyclic) bond motifs is 8. The summed E-state index contributed by atoms with van der Waals surface area (Å²) in [5.74, 6) is 1.74. The Hall–Kier alpha value is -5.08. The first-order chi connectivity index (χ1) is 22.1. The van der Waals surface area contributed by atoms with E-state index < -0.39 is 5.60 Å². The van der Waals surface area contributed by atoms with Gasteiger partial charge in [-0.2, -0.15) is 0 Å². The van der Waals surface area contributed by atoms with E-state index in [0.717, 1.165) is 40.9 Å². The predicted molar refractivity (Wildman–Crippen MR) is 186 cm³/mol. The molecular weight excluding hydrogens is 548 g/mol. The molecular formula is C43H36O2. The van der Waals surface area contributed by atoms with Crippen molar-refractivity contribution < 1.29 is 9.47 Å². The third-order valence-electron chi connectivity index (χ3n) is 10.3. The zero-order valence-electron chi connectivity index (χ0n) is 26.0. The van der Waals surface area contributed by atoms with Gasteiger partial charge >= 0.3 is 0 Å². The first-order valence-electron chi connectivity index (χ1n) is 16.0. The minimum atomic E-state index is -0.805. The summed E-state index contributed by atoms with van der Waals surface area (Å²) >= 11 is 0. The number of ether oxygens (including phenoxy) is 2. The van der Waals surface area contributed by atoms with E-state index in [1.165, 1.54) is 44.3 Å². The minimum absolute atomic E-state index is 0.0953. The second-order valence-corrected chi connectivity index (χ2v) is 12.2. The van der Waals surface area contributed by atoms with Gasteiger partial charge in [0, 0.05) is 27.5 Å². The van der Waals surface area contributed by atoms with Crippen LogP contribution < -0.4 is 9.47 Å². The Morgan fingerprint density at radius 2 is 1.29 bits per heavy atom. The fourth-order valence-electron chi connectivity index (χ4n) is 7.97. The number of benzene rings is 6. The Morgan fingerprint density at radius 3 is 2.00 bits per heavy atom. The monoisotopic (exact) mass is 584 g/mol. The summed E-state index contributed by atoms with van der Waals surface area (Å²) in [5.41, 5.74) is 10.3. The van der Waals surface area contributed by atoms with Gasteiger partial charge in [-0.3, -0.25) is 0 Å². The average molecular weight is 585 g/mol. The van der Waals surface area contributed by atoms with Crippen molar-refractivity contribution in [1.82, 2.24) is 0 Å². The highest BCUT2D eigenvalue weighted by atomic mass is 16.5. The second kappa shape index (κ2) is 10.5. The van der Waals surface area contributed by atoms with Gasteiger partial charge in [-0.25, -0.2) is 0 Å². The van der Waals surface area contributed by atoms with Crippen LogP contribution in [0.4, 0.5) is 0 Å². The molecule has 0 saturated carbocycles. The Labute approximate surface area is 265 Å². The lowest BCUT2D eigenvalue weighted by Crippen LogP contribution is -2.35. The maximum Gasteiger partial charge on any atom is 0.178 e. The molecule has 1 atom stereocenters. The molecule has 220 valence electrons. The van der Waals surface area contributed by atoms with Crippen LogP contribution in [0, 0.1) is 0 Å². The summed E-state index contributed by atoms with van der Waals surface area (Å²) < 4.78 is 13.3. The smallest absolute Gasteiger partial charge is 0.178 e. The molecule has 1 unspecified atom stereocenters. The molecule has 6 aromatic carbocycles. The maximum absolute atomic E-state index is 7.51. The van der Waals surface area contributed by atoms with E-state index in [-0.39, 0.29) is 5.41 Å². The van der Waals surface area contributed by atoms with Crippen molar-refractivity contribution in [3.8, 4) is 33.8 Å². The molecule has 45 heavy (non-hydrogen) atoms. The topological polar surface area (TPSA) is 18.5 Å². The molecule has 1 aliphatic heterocycles. The SMILES string of the molecule is CCC1(CC)c2ccccc2-c2c1c1c(c3cc(OC)ccc23)OC(c2ccccc2)(c2ccc(-c3ccccc3)cc2)C=C1. The van der Waals surface area contributed by atoms with Gasteiger partial charge in [0.2, 0.25) is 0 Å². The van der Waals surface area contributed by atoms with Gasteiger partial charge in [0.25, 0.3) is 0 Å². The van der Waals surface area contributed by atoms with Crippen molar-refractivity contribution >= 4 is 16.8 Å². The molecule has 0 fully saturated rings. The molecule has 0 radical (unpaired) electrons. The summed E-state index contributed by atoms with van der Waals surface area (Å²) in [7, 11) is 1.73. The molecule has 0 N–H and O–H groups in total. The number of hydrogen-bond donors (Lipinski definition) is 0. The van der Waals surface area contributed by atoms with Crippen molar-refractivity contribution in [1.29, 1.82) is 0 Å². The van der Waals surface area contributed by atoms with E-state index in [4.69, 9.17) is 9.47 Å². The molecule has 1 heterocycles. The Morgan fingerprint density at radius 1 is 0.644 bits per heavy atom.